The van der Waals surface area contributed by atoms with Gasteiger partial charge in [0.05, 0.1) is 12.1 Å². The highest BCUT2D eigenvalue weighted by atomic mass is 16.8. The van der Waals surface area contributed by atoms with Crippen LogP contribution in [0, 0.1) is 0 Å². The molecule has 0 aliphatic carbocycles. The van der Waals surface area contributed by atoms with Crippen LogP contribution in [-0.2, 0) is 25.5 Å². The molecular formula is C17H20N2O6. The Morgan fingerprint density at radius 1 is 1.36 bits per heavy atom. The molecule has 3 rings (SSSR count). The van der Waals surface area contributed by atoms with Gasteiger partial charge < -0.3 is 23.9 Å². The standard InChI is InChI=1S/C17H20N2O6/c1-22-15-7-9-17(23-2,25-15)11-18-14(20)8-10-19-12-5-3-4-6-13(12)24-16(19)21/h3-7,9,15H,8,10-11H2,1-2H3,(H,18,20)/t15-,17-/m0/s1. The van der Waals surface area contributed by atoms with Crippen LogP contribution in [0.2, 0.25) is 0 Å². The number of fused-ring (bicyclic) bond motifs is 1. The van der Waals surface area contributed by atoms with Crippen LogP contribution in [0.3, 0.4) is 0 Å². The zero-order chi connectivity index (χ0) is 17.9. The molecule has 0 unspecified atom stereocenters. The molecule has 0 radical (unpaired) electrons. The molecule has 0 spiro atoms. The van der Waals surface area contributed by atoms with Crippen LogP contribution in [0.25, 0.3) is 11.1 Å². The number of para-hydroxylation sites is 2. The highest BCUT2D eigenvalue weighted by Gasteiger charge is 2.36. The summed E-state index contributed by atoms with van der Waals surface area (Å²) in [6, 6.07) is 7.09. The lowest BCUT2D eigenvalue weighted by atomic mass is 10.2. The number of amides is 1. The maximum absolute atomic E-state index is 12.1. The predicted octanol–water partition coefficient (Wildman–Crippen LogP) is 1.00. The number of aryl methyl sites for hydroxylation is 1. The normalized spacial score (nSPS) is 22.6. The third-order valence-corrected chi connectivity index (χ3v) is 4.07. The number of rotatable bonds is 7. The Kier molecular flexibility index (Phi) is 5.03. The lowest BCUT2D eigenvalue weighted by Gasteiger charge is -2.27. The van der Waals surface area contributed by atoms with Gasteiger partial charge in [0.1, 0.15) is 0 Å². The molecule has 2 atom stereocenters. The number of ether oxygens (including phenoxy) is 3. The molecule has 1 aliphatic heterocycles. The van der Waals surface area contributed by atoms with Crippen LogP contribution in [0.4, 0.5) is 0 Å². The van der Waals surface area contributed by atoms with E-state index >= 15 is 0 Å². The molecule has 0 bridgehead atoms. The first-order valence-electron chi connectivity index (χ1n) is 7.87. The largest absolute Gasteiger partial charge is 0.419 e. The second-order valence-electron chi connectivity index (χ2n) is 5.61. The van der Waals surface area contributed by atoms with Crippen molar-refractivity contribution in [2.45, 2.75) is 25.0 Å². The number of nitrogens with zero attached hydrogens (tertiary/aromatic N) is 1. The molecule has 134 valence electrons. The summed E-state index contributed by atoms with van der Waals surface area (Å²) in [5.74, 6) is -1.76. The number of benzene rings is 1. The minimum absolute atomic E-state index is 0.126. The van der Waals surface area contributed by atoms with E-state index in [0.29, 0.717) is 11.1 Å². The number of oxazole rings is 1. The topological polar surface area (TPSA) is 91.9 Å². The van der Waals surface area contributed by atoms with Gasteiger partial charge in [0.25, 0.3) is 0 Å². The highest BCUT2D eigenvalue weighted by Crippen LogP contribution is 2.24. The van der Waals surface area contributed by atoms with Crippen molar-refractivity contribution in [2.24, 2.45) is 0 Å². The van der Waals surface area contributed by atoms with Gasteiger partial charge in [0.2, 0.25) is 11.7 Å². The van der Waals surface area contributed by atoms with E-state index in [1.54, 1.807) is 30.4 Å². The molecule has 25 heavy (non-hydrogen) atoms. The van der Waals surface area contributed by atoms with Gasteiger partial charge >= 0.3 is 5.76 Å². The van der Waals surface area contributed by atoms with E-state index in [0.717, 1.165) is 0 Å². The molecule has 1 aromatic heterocycles. The lowest BCUT2D eigenvalue weighted by molar-refractivity contribution is -0.239. The van der Waals surface area contributed by atoms with Crippen molar-refractivity contribution in [3.8, 4) is 0 Å². The fourth-order valence-electron chi connectivity index (χ4n) is 2.67. The molecule has 1 aliphatic rings. The van der Waals surface area contributed by atoms with Gasteiger partial charge in [0, 0.05) is 27.2 Å². The summed E-state index contributed by atoms with van der Waals surface area (Å²) in [5, 5.41) is 2.75. The Hall–Kier alpha value is -2.42. The van der Waals surface area contributed by atoms with E-state index in [2.05, 4.69) is 5.32 Å². The molecule has 0 saturated heterocycles. The lowest BCUT2D eigenvalue weighted by Crippen LogP contribution is -2.44. The summed E-state index contributed by atoms with van der Waals surface area (Å²) in [7, 11) is 3.01. The zero-order valence-corrected chi connectivity index (χ0v) is 14.1. The van der Waals surface area contributed by atoms with Gasteiger partial charge in [-0.2, -0.15) is 0 Å². The summed E-state index contributed by atoms with van der Waals surface area (Å²) in [5.41, 5.74) is 1.17. The molecule has 0 fully saturated rings. The Labute approximate surface area is 144 Å². The van der Waals surface area contributed by atoms with Gasteiger partial charge in [0.15, 0.2) is 11.9 Å². The fraction of sp³-hybridized carbons (Fsp3) is 0.412. The van der Waals surface area contributed by atoms with Crippen LogP contribution >= 0.6 is 0 Å². The van der Waals surface area contributed by atoms with Gasteiger partial charge in [-0.15, -0.1) is 0 Å². The highest BCUT2D eigenvalue weighted by molar-refractivity contribution is 5.76. The van der Waals surface area contributed by atoms with Crippen molar-refractivity contribution < 1.29 is 23.4 Å². The van der Waals surface area contributed by atoms with Crippen LogP contribution in [0.5, 0.6) is 0 Å². The molecule has 1 N–H and O–H groups in total. The summed E-state index contributed by atoms with van der Waals surface area (Å²) in [6.45, 7) is 0.360. The maximum atomic E-state index is 12.1. The van der Waals surface area contributed by atoms with E-state index < -0.39 is 17.8 Å². The molecule has 0 saturated carbocycles. The number of hydrogen-bond donors (Lipinski definition) is 1. The first-order valence-corrected chi connectivity index (χ1v) is 7.87. The predicted molar refractivity (Wildman–Crippen MR) is 88.9 cm³/mol. The van der Waals surface area contributed by atoms with Crippen molar-refractivity contribution in [1.82, 2.24) is 9.88 Å². The summed E-state index contributed by atoms with van der Waals surface area (Å²) >= 11 is 0. The van der Waals surface area contributed by atoms with E-state index in [4.69, 9.17) is 18.6 Å². The van der Waals surface area contributed by atoms with Crippen LogP contribution in [0.1, 0.15) is 6.42 Å². The van der Waals surface area contributed by atoms with Crippen molar-refractivity contribution in [3.63, 3.8) is 0 Å². The van der Waals surface area contributed by atoms with Crippen LogP contribution in [0.15, 0.2) is 45.6 Å². The Morgan fingerprint density at radius 3 is 2.88 bits per heavy atom. The average molecular weight is 348 g/mol. The first kappa shape index (κ1) is 17.4. The number of hydrogen-bond acceptors (Lipinski definition) is 6. The van der Waals surface area contributed by atoms with Crippen molar-refractivity contribution in [2.75, 3.05) is 20.8 Å². The third-order valence-electron chi connectivity index (χ3n) is 4.07. The molecule has 1 amide bonds. The molecule has 1 aromatic carbocycles. The molecule has 8 heteroatoms. The summed E-state index contributed by atoms with van der Waals surface area (Å²) in [6.07, 6.45) is 3.04. The van der Waals surface area contributed by atoms with Crippen LogP contribution < -0.4 is 11.1 Å². The number of carbonyl (C=O) groups is 1. The van der Waals surface area contributed by atoms with E-state index in [1.807, 2.05) is 6.07 Å². The average Bonchev–Trinajstić information content (AvgIpc) is 3.19. The molecule has 2 heterocycles. The summed E-state index contributed by atoms with van der Waals surface area (Å²) in [4.78, 5) is 24.0. The van der Waals surface area contributed by atoms with Gasteiger partial charge in [-0.25, -0.2) is 4.79 Å². The summed E-state index contributed by atoms with van der Waals surface area (Å²) < 4.78 is 22.6. The van der Waals surface area contributed by atoms with Gasteiger partial charge in [-0.3, -0.25) is 9.36 Å². The second-order valence-corrected chi connectivity index (χ2v) is 5.61. The number of methoxy groups -OCH3 is 2. The Balaban J connectivity index is 1.57. The second kappa shape index (κ2) is 7.22. The minimum atomic E-state index is -1.05. The van der Waals surface area contributed by atoms with E-state index in [9.17, 15) is 9.59 Å². The van der Waals surface area contributed by atoms with Crippen LogP contribution in [-0.4, -0.2) is 43.3 Å². The number of nitrogens with one attached hydrogen (secondary N) is 1. The fourth-order valence-corrected chi connectivity index (χ4v) is 2.67. The smallest absolute Gasteiger partial charge is 0.408 e. The van der Waals surface area contributed by atoms with Gasteiger partial charge in [-0.1, -0.05) is 12.1 Å². The Morgan fingerprint density at radius 2 is 2.16 bits per heavy atom. The minimum Gasteiger partial charge on any atom is -0.408 e. The van der Waals surface area contributed by atoms with E-state index in [-0.39, 0.29) is 25.4 Å². The van der Waals surface area contributed by atoms with Crippen molar-refractivity contribution in [3.05, 3.63) is 47.0 Å². The van der Waals surface area contributed by atoms with Crippen molar-refractivity contribution >= 4 is 17.0 Å². The third kappa shape index (κ3) is 3.65. The Bertz CT molecular complexity index is 839. The van der Waals surface area contributed by atoms with Gasteiger partial charge in [-0.05, 0) is 24.3 Å². The monoisotopic (exact) mass is 348 g/mol. The SMILES string of the molecule is CO[C@@H]1C=C[C@](CNC(=O)CCn2c(=O)oc3ccccc32)(OC)O1. The van der Waals surface area contributed by atoms with E-state index in [1.165, 1.54) is 18.8 Å². The number of carbonyl (C=O) groups excluding carboxylic acids is 1. The number of aromatic nitrogens is 1. The molecular weight excluding hydrogens is 328 g/mol. The quantitative estimate of drug-likeness (QED) is 0.751. The van der Waals surface area contributed by atoms with Crippen molar-refractivity contribution in [1.29, 1.82) is 0 Å². The maximum Gasteiger partial charge on any atom is 0.419 e. The molecule has 2 aromatic rings. The zero-order valence-electron chi connectivity index (χ0n) is 14.1. The molecule has 8 nitrogen and oxygen atoms in total. The first-order chi connectivity index (χ1) is 12.1.